The van der Waals surface area contributed by atoms with E-state index >= 15 is 0 Å². The molecule has 0 aliphatic carbocycles. The molecule has 0 N–H and O–H groups in total. The van der Waals surface area contributed by atoms with Crippen LogP contribution in [-0.2, 0) is 0 Å². The number of benzene rings is 3. The lowest BCUT2D eigenvalue weighted by molar-refractivity contribution is 0.669. The standard InChI is InChI=1S/C27H26N2O/c1-17(2)20-9-7-10-21(18(3)4)26(20)29-15-14-28-27(29)19-12-13-25-23(16-19)22-8-5-6-11-24(22)30-25/h5-18H,1-4H3. The number of furan rings is 1. The SMILES string of the molecule is CC(C)c1cccc(C(C)C)c1-n1ccnc1-c1ccc2oc3ccccc3c2c1. The molecular formula is C27H26N2O. The lowest BCUT2D eigenvalue weighted by Crippen LogP contribution is -2.07. The first-order valence-corrected chi connectivity index (χ1v) is 10.6. The Labute approximate surface area is 177 Å². The molecular weight excluding hydrogens is 368 g/mol. The van der Waals surface area contributed by atoms with Gasteiger partial charge in [-0.3, -0.25) is 4.57 Å². The molecule has 0 aliphatic heterocycles. The molecule has 2 aromatic heterocycles. The number of para-hydroxylation sites is 2. The highest BCUT2D eigenvalue weighted by molar-refractivity contribution is 6.06. The van der Waals surface area contributed by atoms with Gasteiger partial charge in [-0.1, -0.05) is 64.1 Å². The predicted molar refractivity (Wildman–Crippen MR) is 124 cm³/mol. The highest BCUT2D eigenvalue weighted by atomic mass is 16.3. The molecule has 5 aromatic rings. The van der Waals surface area contributed by atoms with Crippen molar-refractivity contribution in [2.75, 3.05) is 0 Å². The van der Waals surface area contributed by atoms with Gasteiger partial charge >= 0.3 is 0 Å². The van der Waals surface area contributed by atoms with Crippen LogP contribution in [0.2, 0.25) is 0 Å². The van der Waals surface area contributed by atoms with E-state index in [1.807, 2.05) is 18.3 Å². The van der Waals surface area contributed by atoms with E-state index in [0.29, 0.717) is 11.8 Å². The topological polar surface area (TPSA) is 31.0 Å². The minimum atomic E-state index is 0.425. The lowest BCUT2D eigenvalue weighted by Gasteiger charge is -2.21. The Kier molecular flexibility index (Phi) is 4.47. The molecule has 3 nitrogen and oxygen atoms in total. The van der Waals surface area contributed by atoms with Gasteiger partial charge in [-0.25, -0.2) is 4.98 Å². The second-order valence-electron chi connectivity index (χ2n) is 8.52. The molecule has 5 rings (SSSR count). The summed E-state index contributed by atoms with van der Waals surface area (Å²) in [6.45, 7) is 9.01. The Morgan fingerprint density at radius 3 is 2.20 bits per heavy atom. The van der Waals surface area contributed by atoms with Crippen molar-refractivity contribution in [1.82, 2.24) is 9.55 Å². The smallest absolute Gasteiger partial charge is 0.144 e. The van der Waals surface area contributed by atoms with Gasteiger partial charge < -0.3 is 4.42 Å². The fourth-order valence-electron chi connectivity index (χ4n) is 4.35. The van der Waals surface area contributed by atoms with Crippen LogP contribution >= 0.6 is 0 Å². The second kappa shape index (κ2) is 7.17. The van der Waals surface area contributed by atoms with Gasteiger partial charge in [0.15, 0.2) is 0 Å². The van der Waals surface area contributed by atoms with Gasteiger partial charge in [0, 0.05) is 28.7 Å². The summed E-state index contributed by atoms with van der Waals surface area (Å²) in [7, 11) is 0. The molecule has 3 aromatic carbocycles. The number of nitrogens with zero attached hydrogens (tertiary/aromatic N) is 2. The molecule has 0 fully saturated rings. The van der Waals surface area contributed by atoms with Crippen LogP contribution in [0.1, 0.15) is 50.7 Å². The Bertz CT molecular complexity index is 1330. The van der Waals surface area contributed by atoms with Crippen LogP contribution < -0.4 is 0 Å². The number of hydrogen-bond donors (Lipinski definition) is 0. The first-order chi connectivity index (χ1) is 14.5. The number of rotatable bonds is 4. The molecule has 3 heteroatoms. The monoisotopic (exact) mass is 394 g/mol. The summed E-state index contributed by atoms with van der Waals surface area (Å²) < 4.78 is 8.27. The molecule has 2 heterocycles. The van der Waals surface area contributed by atoms with Crippen molar-refractivity contribution in [2.45, 2.75) is 39.5 Å². The van der Waals surface area contributed by atoms with Gasteiger partial charge in [0.25, 0.3) is 0 Å². The first-order valence-electron chi connectivity index (χ1n) is 10.6. The molecule has 0 saturated heterocycles. The molecule has 0 saturated carbocycles. The van der Waals surface area contributed by atoms with Crippen LogP contribution in [0.5, 0.6) is 0 Å². The normalized spacial score (nSPS) is 11.9. The van der Waals surface area contributed by atoms with Crippen molar-refractivity contribution < 1.29 is 4.42 Å². The average Bonchev–Trinajstić information content (AvgIpc) is 3.37. The quantitative estimate of drug-likeness (QED) is 0.313. The van der Waals surface area contributed by atoms with Crippen molar-refractivity contribution >= 4 is 21.9 Å². The fourth-order valence-corrected chi connectivity index (χ4v) is 4.35. The Morgan fingerprint density at radius 1 is 0.767 bits per heavy atom. The van der Waals surface area contributed by atoms with E-state index in [1.165, 1.54) is 16.8 Å². The summed E-state index contributed by atoms with van der Waals surface area (Å²) in [4.78, 5) is 4.77. The van der Waals surface area contributed by atoms with Crippen LogP contribution in [0.15, 0.2) is 77.5 Å². The molecule has 0 bridgehead atoms. The molecule has 0 aliphatic rings. The van der Waals surface area contributed by atoms with E-state index in [-0.39, 0.29) is 0 Å². The summed E-state index contributed by atoms with van der Waals surface area (Å²) in [5.74, 6) is 1.81. The third kappa shape index (κ3) is 2.93. The van der Waals surface area contributed by atoms with Crippen molar-refractivity contribution in [2.24, 2.45) is 0 Å². The Morgan fingerprint density at radius 2 is 1.47 bits per heavy atom. The van der Waals surface area contributed by atoms with Crippen LogP contribution in [0.4, 0.5) is 0 Å². The van der Waals surface area contributed by atoms with E-state index in [0.717, 1.165) is 33.3 Å². The zero-order valence-electron chi connectivity index (χ0n) is 17.9. The van der Waals surface area contributed by atoms with Crippen molar-refractivity contribution in [3.63, 3.8) is 0 Å². The lowest BCUT2D eigenvalue weighted by atomic mass is 9.92. The Balaban J connectivity index is 1.74. The molecule has 0 unspecified atom stereocenters. The highest BCUT2D eigenvalue weighted by Gasteiger charge is 2.19. The summed E-state index contributed by atoms with van der Waals surface area (Å²) in [5.41, 5.74) is 6.86. The van der Waals surface area contributed by atoms with Gasteiger partial charge in [-0.05, 0) is 47.2 Å². The van der Waals surface area contributed by atoms with E-state index in [9.17, 15) is 0 Å². The fraction of sp³-hybridized carbons (Fsp3) is 0.222. The summed E-state index contributed by atoms with van der Waals surface area (Å²) in [5, 5.41) is 2.26. The molecule has 150 valence electrons. The molecule has 0 amide bonds. The van der Waals surface area contributed by atoms with Crippen molar-refractivity contribution in [3.05, 3.63) is 84.2 Å². The number of aromatic nitrogens is 2. The molecule has 0 spiro atoms. The zero-order chi connectivity index (χ0) is 20.8. The van der Waals surface area contributed by atoms with E-state index in [4.69, 9.17) is 9.40 Å². The summed E-state index contributed by atoms with van der Waals surface area (Å²) >= 11 is 0. The number of fused-ring (bicyclic) bond motifs is 3. The maximum Gasteiger partial charge on any atom is 0.144 e. The third-order valence-electron chi connectivity index (χ3n) is 5.86. The maximum atomic E-state index is 6.01. The van der Waals surface area contributed by atoms with E-state index in [1.54, 1.807) is 0 Å². The van der Waals surface area contributed by atoms with Crippen LogP contribution in [0.3, 0.4) is 0 Å². The largest absolute Gasteiger partial charge is 0.456 e. The van der Waals surface area contributed by atoms with E-state index in [2.05, 4.69) is 87.0 Å². The number of imidazole rings is 1. The van der Waals surface area contributed by atoms with Crippen LogP contribution in [0.25, 0.3) is 39.0 Å². The average molecular weight is 395 g/mol. The van der Waals surface area contributed by atoms with Crippen molar-refractivity contribution in [1.29, 1.82) is 0 Å². The van der Waals surface area contributed by atoms with Gasteiger partial charge in [0.2, 0.25) is 0 Å². The van der Waals surface area contributed by atoms with Crippen LogP contribution in [0, 0.1) is 0 Å². The summed E-state index contributed by atoms with van der Waals surface area (Å²) in [6, 6.07) is 21.2. The van der Waals surface area contributed by atoms with Crippen LogP contribution in [-0.4, -0.2) is 9.55 Å². The third-order valence-corrected chi connectivity index (χ3v) is 5.86. The van der Waals surface area contributed by atoms with Gasteiger partial charge in [-0.15, -0.1) is 0 Å². The molecule has 30 heavy (non-hydrogen) atoms. The molecule has 0 radical (unpaired) electrons. The summed E-state index contributed by atoms with van der Waals surface area (Å²) in [6.07, 6.45) is 3.98. The predicted octanol–water partition coefficient (Wildman–Crippen LogP) is 7.69. The zero-order valence-corrected chi connectivity index (χ0v) is 17.9. The van der Waals surface area contributed by atoms with Gasteiger partial charge in [0.05, 0.1) is 5.69 Å². The molecule has 0 atom stereocenters. The maximum absolute atomic E-state index is 6.01. The van der Waals surface area contributed by atoms with Gasteiger partial charge in [0.1, 0.15) is 17.0 Å². The Hall–Kier alpha value is -3.33. The minimum absolute atomic E-state index is 0.425. The first kappa shape index (κ1) is 18.7. The van der Waals surface area contributed by atoms with E-state index < -0.39 is 0 Å². The minimum Gasteiger partial charge on any atom is -0.456 e. The highest BCUT2D eigenvalue weighted by Crippen LogP contribution is 2.36. The van der Waals surface area contributed by atoms with Gasteiger partial charge in [-0.2, -0.15) is 0 Å². The van der Waals surface area contributed by atoms with Crippen molar-refractivity contribution in [3.8, 4) is 17.1 Å². The number of hydrogen-bond acceptors (Lipinski definition) is 2. The second-order valence-corrected chi connectivity index (χ2v) is 8.52.